The Balaban J connectivity index is 1.65. The van der Waals surface area contributed by atoms with Crippen LogP contribution in [0.2, 0.25) is 0 Å². The highest BCUT2D eigenvalue weighted by Gasteiger charge is 2.18. The van der Waals surface area contributed by atoms with Crippen molar-refractivity contribution in [3.63, 3.8) is 0 Å². The van der Waals surface area contributed by atoms with Crippen molar-refractivity contribution in [2.45, 2.75) is 6.54 Å². The number of ether oxygens (including phenoxy) is 1. The highest BCUT2D eigenvalue weighted by Crippen LogP contribution is 2.19. The lowest BCUT2D eigenvalue weighted by atomic mass is 10.1. The molecule has 0 aliphatic rings. The van der Waals surface area contributed by atoms with Crippen LogP contribution in [0, 0.1) is 10.1 Å². The van der Waals surface area contributed by atoms with E-state index in [0.717, 1.165) is 5.56 Å². The van der Waals surface area contributed by atoms with E-state index in [4.69, 9.17) is 4.74 Å². The summed E-state index contributed by atoms with van der Waals surface area (Å²) in [6.45, 7) is 0.301. The summed E-state index contributed by atoms with van der Waals surface area (Å²) in [5.74, 6) is 0.129. The summed E-state index contributed by atoms with van der Waals surface area (Å²) in [6, 6.07) is 14.3. The van der Waals surface area contributed by atoms with E-state index in [-0.39, 0.29) is 29.9 Å². The molecule has 1 N–H and O–H groups in total. The van der Waals surface area contributed by atoms with E-state index in [9.17, 15) is 19.7 Å². The molecule has 9 nitrogen and oxygen atoms in total. The number of carbonyl (C=O) groups is 1. The monoisotopic (exact) mass is 394 g/mol. The molecule has 0 atom stereocenters. The van der Waals surface area contributed by atoms with Gasteiger partial charge in [-0.05, 0) is 30.3 Å². The van der Waals surface area contributed by atoms with Crippen LogP contribution in [-0.4, -0.2) is 34.0 Å². The molecule has 0 spiro atoms. The molecule has 148 valence electrons. The van der Waals surface area contributed by atoms with Crippen LogP contribution in [0.5, 0.6) is 5.75 Å². The van der Waals surface area contributed by atoms with Gasteiger partial charge in [-0.3, -0.25) is 24.3 Å². The van der Waals surface area contributed by atoms with E-state index in [1.807, 2.05) is 0 Å². The van der Waals surface area contributed by atoms with Gasteiger partial charge in [-0.2, -0.15) is 0 Å². The third-order valence-electron chi connectivity index (χ3n) is 4.25. The number of rotatable bonds is 7. The number of nitro groups is 1. The largest absolute Gasteiger partial charge is 0.497 e. The normalized spacial score (nSPS) is 10.4. The average molecular weight is 394 g/mol. The quantitative estimate of drug-likeness (QED) is 0.485. The van der Waals surface area contributed by atoms with Crippen molar-refractivity contribution >= 4 is 11.6 Å². The predicted octanol–water partition coefficient (Wildman–Crippen LogP) is 2.26. The molecular weight excluding hydrogens is 376 g/mol. The first kappa shape index (κ1) is 19.7. The maximum absolute atomic E-state index is 12.3. The Morgan fingerprint density at radius 2 is 1.93 bits per heavy atom. The molecule has 29 heavy (non-hydrogen) atoms. The highest BCUT2D eigenvalue weighted by molar-refractivity contribution is 5.98. The summed E-state index contributed by atoms with van der Waals surface area (Å²) < 4.78 is 6.46. The maximum Gasteiger partial charge on any atom is 0.282 e. The Morgan fingerprint density at radius 3 is 2.59 bits per heavy atom. The van der Waals surface area contributed by atoms with Gasteiger partial charge in [-0.15, -0.1) is 0 Å². The van der Waals surface area contributed by atoms with Gasteiger partial charge in [0.15, 0.2) is 0 Å². The SMILES string of the molecule is COc1ccc(-c2cc(=O)n(CCNC(=O)c3ccccc3[N+](=O)[O-])cn2)cc1. The van der Waals surface area contributed by atoms with Gasteiger partial charge in [0.25, 0.3) is 17.2 Å². The van der Waals surface area contributed by atoms with Crippen LogP contribution >= 0.6 is 0 Å². The summed E-state index contributed by atoms with van der Waals surface area (Å²) in [5.41, 5.74) is 0.730. The van der Waals surface area contributed by atoms with E-state index in [2.05, 4.69) is 10.3 Å². The molecule has 0 saturated carbocycles. The van der Waals surface area contributed by atoms with Crippen molar-refractivity contribution in [1.82, 2.24) is 14.9 Å². The molecule has 1 heterocycles. The molecule has 1 amide bonds. The zero-order valence-corrected chi connectivity index (χ0v) is 15.6. The second kappa shape index (κ2) is 8.79. The molecule has 0 aliphatic carbocycles. The number of para-hydroxylation sites is 1. The predicted molar refractivity (Wildman–Crippen MR) is 106 cm³/mol. The second-order valence-corrected chi connectivity index (χ2v) is 6.06. The number of hydrogen-bond acceptors (Lipinski definition) is 6. The molecule has 9 heteroatoms. The number of carbonyl (C=O) groups excluding carboxylic acids is 1. The van der Waals surface area contributed by atoms with Crippen LogP contribution in [0.3, 0.4) is 0 Å². The van der Waals surface area contributed by atoms with Gasteiger partial charge in [0.1, 0.15) is 11.3 Å². The van der Waals surface area contributed by atoms with Gasteiger partial charge in [0.05, 0.1) is 24.1 Å². The standard InChI is InChI=1S/C20H18N4O5/c1-29-15-8-6-14(7-9-15)17-12-19(25)23(13-22-17)11-10-21-20(26)16-4-2-3-5-18(16)24(27)28/h2-9,12-13H,10-11H2,1H3,(H,21,26). The van der Waals surface area contributed by atoms with Crippen molar-refractivity contribution in [3.8, 4) is 17.0 Å². The number of nitrogens with zero attached hydrogens (tertiary/aromatic N) is 3. The molecule has 3 aromatic rings. The van der Waals surface area contributed by atoms with Crippen LogP contribution in [-0.2, 0) is 6.54 Å². The Bertz CT molecular complexity index is 1090. The Labute approximate surface area is 165 Å². The lowest BCUT2D eigenvalue weighted by Gasteiger charge is -2.09. The Morgan fingerprint density at radius 1 is 1.21 bits per heavy atom. The summed E-state index contributed by atoms with van der Waals surface area (Å²) >= 11 is 0. The fraction of sp³-hybridized carbons (Fsp3) is 0.150. The van der Waals surface area contributed by atoms with Gasteiger partial charge in [0.2, 0.25) is 0 Å². The smallest absolute Gasteiger partial charge is 0.282 e. The third kappa shape index (κ3) is 4.64. The van der Waals surface area contributed by atoms with Crippen LogP contribution in [0.25, 0.3) is 11.3 Å². The number of amides is 1. The van der Waals surface area contributed by atoms with Gasteiger partial charge < -0.3 is 10.1 Å². The second-order valence-electron chi connectivity index (χ2n) is 6.06. The lowest BCUT2D eigenvalue weighted by molar-refractivity contribution is -0.385. The van der Waals surface area contributed by atoms with Crippen LogP contribution in [0.15, 0.2) is 65.7 Å². The van der Waals surface area contributed by atoms with Crippen molar-refractivity contribution in [3.05, 3.63) is 87.0 Å². The van der Waals surface area contributed by atoms with Crippen molar-refractivity contribution in [2.24, 2.45) is 0 Å². The van der Waals surface area contributed by atoms with Gasteiger partial charge in [0, 0.05) is 30.8 Å². The molecule has 0 saturated heterocycles. The number of nitro benzene ring substituents is 1. The molecule has 0 unspecified atom stereocenters. The summed E-state index contributed by atoms with van der Waals surface area (Å²) in [5, 5.41) is 13.6. The zero-order chi connectivity index (χ0) is 20.8. The van der Waals surface area contributed by atoms with Gasteiger partial charge >= 0.3 is 0 Å². The fourth-order valence-electron chi connectivity index (χ4n) is 2.72. The number of benzene rings is 2. The number of aromatic nitrogens is 2. The molecular formula is C20H18N4O5. The average Bonchev–Trinajstić information content (AvgIpc) is 2.74. The van der Waals surface area contributed by atoms with E-state index >= 15 is 0 Å². The molecule has 1 aromatic heterocycles. The van der Waals surface area contributed by atoms with Crippen LogP contribution < -0.4 is 15.6 Å². The van der Waals surface area contributed by atoms with Gasteiger partial charge in [-0.1, -0.05) is 12.1 Å². The minimum atomic E-state index is -0.610. The summed E-state index contributed by atoms with van der Waals surface area (Å²) in [4.78, 5) is 39.2. The number of nitrogens with one attached hydrogen (secondary N) is 1. The fourth-order valence-corrected chi connectivity index (χ4v) is 2.72. The Kier molecular flexibility index (Phi) is 5.98. The maximum atomic E-state index is 12.3. The van der Waals surface area contributed by atoms with Crippen molar-refractivity contribution < 1.29 is 14.5 Å². The van der Waals surface area contributed by atoms with Crippen molar-refractivity contribution in [2.75, 3.05) is 13.7 Å². The first-order valence-corrected chi connectivity index (χ1v) is 8.72. The molecule has 0 radical (unpaired) electrons. The molecule has 0 bridgehead atoms. The first-order chi connectivity index (χ1) is 14.0. The minimum Gasteiger partial charge on any atom is -0.497 e. The first-order valence-electron chi connectivity index (χ1n) is 8.72. The summed E-state index contributed by atoms with van der Waals surface area (Å²) in [6.07, 6.45) is 1.40. The van der Waals surface area contributed by atoms with Crippen molar-refractivity contribution in [1.29, 1.82) is 0 Å². The molecule has 3 rings (SSSR count). The van der Waals surface area contributed by atoms with E-state index in [0.29, 0.717) is 11.4 Å². The highest BCUT2D eigenvalue weighted by atomic mass is 16.6. The zero-order valence-electron chi connectivity index (χ0n) is 15.6. The van der Waals surface area contributed by atoms with E-state index < -0.39 is 10.8 Å². The minimum absolute atomic E-state index is 0.0298. The molecule has 0 aliphatic heterocycles. The lowest BCUT2D eigenvalue weighted by Crippen LogP contribution is -2.31. The number of methoxy groups -OCH3 is 1. The molecule has 0 fully saturated rings. The Hall–Kier alpha value is -4.01. The van der Waals surface area contributed by atoms with E-state index in [1.54, 1.807) is 37.4 Å². The van der Waals surface area contributed by atoms with Crippen LogP contribution in [0.1, 0.15) is 10.4 Å². The van der Waals surface area contributed by atoms with Gasteiger partial charge in [-0.25, -0.2) is 4.98 Å². The topological polar surface area (TPSA) is 116 Å². The molecule has 2 aromatic carbocycles. The summed E-state index contributed by atoms with van der Waals surface area (Å²) in [7, 11) is 1.57. The number of hydrogen-bond donors (Lipinski definition) is 1. The van der Waals surface area contributed by atoms with Crippen LogP contribution in [0.4, 0.5) is 5.69 Å². The van der Waals surface area contributed by atoms with E-state index in [1.165, 1.54) is 35.2 Å². The third-order valence-corrected chi connectivity index (χ3v) is 4.25.